The maximum absolute atomic E-state index is 13.3. The second-order valence-corrected chi connectivity index (χ2v) is 8.55. The summed E-state index contributed by atoms with van der Waals surface area (Å²) in [5.41, 5.74) is 2.98. The molecule has 1 aliphatic heterocycles. The van der Waals surface area contributed by atoms with E-state index in [0.29, 0.717) is 27.6 Å². The number of ether oxygens (including phenoxy) is 1. The standard InChI is InChI=1S/C25H25N3O3S/c1-4-31-25(30)17(3)32-24-20(15-26)22(18-11-7-5-8-12-18)21(16(2)27-24)23(29)28-19-13-9-6-10-14-19/h5-14,17,22,27H,4H2,1-3H3,(H,28,29)/t17-,22-/m0/s1. The minimum atomic E-state index is -0.567. The van der Waals surface area contributed by atoms with Crippen molar-refractivity contribution >= 4 is 29.3 Å². The molecule has 0 saturated heterocycles. The number of anilines is 1. The minimum Gasteiger partial charge on any atom is -0.465 e. The molecule has 1 amide bonds. The number of esters is 1. The number of nitrogens with zero attached hydrogens (tertiary/aromatic N) is 1. The molecule has 2 N–H and O–H groups in total. The van der Waals surface area contributed by atoms with E-state index in [9.17, 15) is 14.9 Å². The molecule has 3 rings (SSSR count). The molecule has 0 fully saturated rings. The second-order valence-electron chi connectivity index (χ2n) is 7.19. The zero-order chi connectivity index (χ0) is 23.1. The van der Waals surface area contributed by atoms with Gasteiger partial charge in [0.05, 0.1) is 29.2 Å². The zero-order valence-corrected chi connectivity index (χ0v) is 19.0. The molecule has 2 aromatic carbocycles. The second kappa shape index (κ2) is 10.7. The summed E-state index contributed by atoms with van der Waals surface area (Å²) < 4.78 is 5.11. The predicted molar refractivity (Wildman–Crippen MR) is 126 cm³/mol. The number of benzene rings is 2. The average molecular weight is 448 g/mol. The topological polar surface area (TPSA) is 91.2 Å². The third-order valence-electron chi connectivity index (χ3n) is 4.97. The summed E-state index contributed by atoms with van der Waals surface area (Å²) in [7, 11) is 0. The number of carbonyl (C=O) groups excluding carboxylic acids is 2. The van der Waals surface area contributed by atoms with E-state index >= 15 is 0 Å². The van der Waals surface area contributed by atoms with Crippen LogP contribution in [0, 0.1) is 11.3 Å². The smallest absolute Gasteiger partial charge is 0.319 e. The molecular weight excluding hydrogens is 422 g/mol. The quantitative estimate of drug-likeness (QED) is 0.598. The molecule has 2 atom stereocenters. The summed E-state index contributed by atoms with van der Waals surface area (Å²) in [4.78, 5) is 25.5. The predicted octanol–water partition coefficient (Wildman–Crippen LogP) is 4.71. The van der Waals surface area contributed by atoms with Crippen LogP contribution in [0.5, 0.6) is 0 Å². The van der Waals surface area contributed by atoms with Crippen LogP contribution in [-0.4, -0.2) is 23.7 Å². The van der Waals surface area contributed by atoms with Gasteiger partial charge in [-0.2, -0.15) is 5.26 Å². The molecule has 0 spiro atoms. The van der Waals surface area contributed by atoms with Crippen LogP contribution >= 0.6 is 11.8 Å². The van der Waals surface area contributed by atoms with Gasteiger partial charge in [0.25, 0.3) is 5.91 Å². The average Bonchev–Trinajstić information content (AvgIpc) is 2.80. The van der Waals surface area contributed by atoms with Crippen LogP contribution < -0.4 is 10.6 Å². The lowest BCUT2D eigenvalue weighted by Crippen LogP contribution is -2.31. The monoisotopic (exact) mass is 447 g/mol. The molecular formula is C25H25N3O3S. The Morgan fingerprint density at radius 2 is 1.78 bits per heavy atom. The van der Waals surface area contributed by atoms with Crippen LogP contribution in [-0.2, 0) is 14.3 Å². The highest BCUT2D eigenvalue weighted by atomic mass is 32.2. The highest BCUT2D eigenvalue weighted by Gasteiger charge is 2.35. The van der Waals surface area contributed by atoms with Crippen molar-refractivity contribution in [2.75, 3.05) is 11.9 Å². The van der Waals surface area contributed by atoms with Crippen molar-refractivity contribution in [3.05, 3.63) is 88.1 Å². The number of rotatable bonds is 7. The van der Waals surface area contributed by atoms with Gasteiger partial charge in [0.2, 0.25) is 0 Å². The van der Waals surface area contributed by atoms with E-state index < -0.39 is 11.2 Å². The van der Waals surface area contributed by atoms with Gasteiger partial charge in [0.1, 0.15) is 5.25 Å². The number of para-hydroxylation sites is 1. The van der Waals surface area contributed by atoms with E-state index in [4.69, 9.17) is 4.74 Å². The van der Waals surface area contributed by atoms with Crippen LogP contribution in [0.1, 0.15) is 32.3 Å². The highest BCUT2D eigenvalue weighted by Crippen LogP contribution is 2.41. The van der Waals surface area contributed by atoms with Gasteiger partial charge in [-0.3, -0.25) is 9.59 Å². The van der Waals surface area contributed by atoms with Gasteiger partial charge >= 0.3 is 5.97 Å². The van der Waals surface area contributed by atoms with Crippen molar-refractivity contribution in [2.24, 2.45) is 0 Å². The van der Waals surface area contributed by atoms with Crippen molar-refractivity contribution in [1.82, 2.24) is 5.32 Å². The number of nitriles is 1. The number of thioether (sulfide) groups is 1. The van der Waals surface area contributed by atoms with Crippen molar-refractivity contribution in [2.45, 2.75) is 31.9 Å². The molecule has 0 bridgehead atoms. The first-order chi connectivity index (χ1) is 15.5. The Labute approximate surface area is 192 Å². The van der Waals surface area contributed by atoms with E-state index in [1.165, 1.54) is 11.8 Å². The van der Waals surface area contributed by atoms with Gasteiger partial charge in [-0.05, 0) is 38.5 Å². The van der Waals surface area contributed by atoms with E-state index in [1.807, 2.05) is 60.7 Å². The number of nitrogens with one attached hydrogen (secondary N) is 2. The number of carbonyl (C=O) groups is 2. The summed E-state index contributed by atoms with van der Waals surface area (Å²) in [5.74, 6) is -1.21. The molecule has 1 heterocycles. The minimum absolute atomic E-state index is 0.287. The molecule has 2 aromatic rings. The third kappa shape index (κ3) is 5.21. The van der Waals surface area contributed by atoms with Gasteiger partial charge in [-0.1, -0.05) is 60.3 Å². The molecule has 32 heavy (non-hydrogen) atoms. The fraction of sp³-hybridized carbons (Fsp3) is 0.240. The van der Waals surface area contributed by atoms with Crippen LogP contribution in [0.4, 0.5) is 5.69 Å². The maximum atomic E-state index is 13.3. The Morgan fingerprint density at radius 1 is 1.16 bits per heavy atom. The van der Waals surface area contributed by atoms with Crippen molar-refractivity contribution in [3.8, 4) is 6.07 Å². The fourth-order valence-corrected chi connectivity index (χ4v) is 4.51. The number of allylic oxidation sites excluding steroid dienone is 2. The van der Waals surface area contributed by atoms with Crippen molar-refractivity contribution in [1.29, 1.82) is 5.26 Å². The number of dihydropyridines is 1. The van der Waals surface area contributed by atoms with Crippen LogP contribution in [0.2, 0.25) is 0 Å². The molecule has 0 radical (unpaired) electrons. The lowest BCUT2D eigenvalue weighted by Gasteiger charge is -2.30. The molecule has 0 saturated carbocycles. The highest BCUT2D eigenvalue weighted by molar-refractivity contribution is 8.04. The van der Waals surface area contributed by atoms with Crippen LogP contribution in [0.3, 0.4) is 0 Å². The maximum Gasteiger partial charge on any atom is 0.319 e. The summed E-state index contributed by atoms with van der Waals surface area (Å²) in [5, 5.41) is 16.3. The number of hydrogen-bond acceptors (Lipinski definition) is 6. The van der Waals surface area contributed by atoms with Gasteiger partial charge in [0.15, 0.2) is 0 Å². The lowest BCUT2D eigenvalue weighted by molar-refractivity contribution is -0.142. The molecule has 0 aliphatic carbocycles. The molecule has 164 valence electrons. The SMILES string of the molecule is CCOC(=O)[C@H](C)SC1=C(C#N)[C@H](c2ccccc2)C(C(=O)Nc2ccccc2)=C(C)N1. The Balaban J connectivity index is 2.02. The Bertz CT molecular complexity index is 1090. The molecule has 0 aromatic heterocycles. The molecule has 1 aliphatic rings. The summed E-state index contributed by atoms with van der Waals surface area (Å²) in [6.45, 7) is 5.58. The normalized spacial score (nSPS) is 16.6. The largest absolute Gasteiger partial charge is 0.465 e. The fourth-order valence-electron chi connectivity index (χ4n) is 3.49. The molecule has 0 unspecified atom stereocenters. The zero-order valence-electron chi connectivity index (χ0n) is 18.2. The van der Waals surface area contributed by atoms with Gasteiger partial charge in [-0.25, -0.2) is 0 Å². The van der Waals surface area contributed by atoms with Crippen LogP contribution in [0.25, 0.3) is 0 Å². The van der Waals surface area contributed by atoms with E-state index in [-0.39, 0.29) is 18.5 Å². The van der Waals surface area contributed by atoms with Crippen molar-refractivity contribution in [3.63, 3.8) is 0 Å². The lowest BCUT2D eigenvalue weighted by atomic mass is 9.82. The first-order valence-electron chi connectivity index (χ1n) is 10.3. The first-order valence-corrected chi connectivity index (χ1v) is 11.2. The van der Waals surface area contributed by atoms with E-state index in [1.54, 1.807) is 20.8 Å². The number of amides is 1. The van der Waals surface area contributed by atoms with Gasteiger partial charge in [0, 0.05) is 17.0 Å². The van der Waals surface area contributed by atoms with E-state index in [2.05, 4.69) is 16.7 Å². The Hall–Kier alpha value is -3.50. The van der Waals surface area contributed by atoms with Gasteiger partial charge in [-0.15, -0.1) is 0 Å². The van der Waals surface area contributed by atoms with E-state index in [0.717, 1.165) is 5.56 Å². The summed E-state index contributed by atoms with van der Waals surface area (Å²) >= 11 is 1.23. The van der Waals surface area contributed by atoms with Crippen LogP contribution in [0.15, 0.2) is 82.5 Å². The molecule has 7 heteroatoms. The van der Waals surface area contributed by atoms with Crippen molar-refractivity contribution < 1.29 is 14.3 Å². The first kappa shape index (κ1) is 23.2. The third-order valence-corrected chi connectivity index (χ3v) is 6.07. The number of hydrogen-bond donors (Lipinski definition) is 2. The summed E-state index contributed by atoms with van der Waals surface area (Å²) in [6, 6.07) is 20.9. The van der Waals surface area contributed by atoms with Gasteiger partial charge < -0.3 is 15.4 Å². The molecule has 6 nitrogen and oxygen atoms in total. The Kier molecular flexibility index (Phi) is 7.74. The Morgan fingerprint density at radius 3 is 2.38 bits per heavy atom. The summed E-state index contributed by atoms with van der Waals surface area (Å²) in [6.07, 6.45) is 0.